The van der Waals surface area contributed by atoms with Crippen LogP contribution in [0.15, 0.2) is 29.6 Å². The molecule has 0 spiro atoms. The van der Waals surface area contributed by atoms with Crippen molar-refractivity contribution < 1.29 is 39.9 Å². The van der Waals surface area contributed by atoms with Crippen molar-refractivity contribution >= 4 is 85.1 Å². The first-order valence-electron chi connectivity index (χ1n) is 27.4. The number of rotatable bonds is 13. The molecule has 28 heteroatoms. The molecule has 454 valence electrons. The quantitative estimate of drug-likeness (QED) is 0.0319. The number of carbonyl (C=O) groups is 1. The van der Waals surface area contributed by atoms with Crippen LogP contribution >= 0.6 is 51.1 Å². The highest BCUT2D eigenvalue weighted by molar-refractivity contribution is 9.09. The summed E-state index contributed by atoms with van der Waals surface area (Å²) in [6.45, 7) is 11.2. The summed E-state index contributed by atoms with van der Waals surface area (Å²) in [7, 11) is 0. The van der Waals surface area contributed by atoms with Crippen LogP contribution < -0.4 is 27.0 Å². The molecule has 6 N–H and O–H groups in total. The first-order chi connectivity index (χ1) is 39.0. The fourth-order valence-electron chi connectivity index (χ4n) is 9.03. The molecule has 5 heterocycles. The first-order valence-corrected chi connectivity index (χ1v) is 30.2. The molecule has 4 aliphatic rings. The number of nitrogens with zero attached hydrogens (tertiary/aromatic N) is 10. The van der Waals surface area contributed by atoms with Crippen molar-refractivity contribution in [2.45, 2.75) is 205 Å². The van der Waals surface area contributed by atoms with Gasteiger partial charge in [0.25, 0.3) is 0 Å². The average molecular weight is 1290 g/mol. The van der Waals surface area contributed by atoms with Crippen LogP contribution in [0.25, 0.3) is 10.8 Å². The van der Waals surface area contributed by atoms with E-state index in [1.54, 1.807) is 25.1 Å². The Hall–Kier alpha value is -5.59. The molecule has 0 bridgehead atoms. The van der Waals surface area contributed by atoms with Gasteiger partial charge in [-0.25, -0.2) is 80.0 Å². The Balaban J connectivity index is 0.000000197. The number of ketones is 1. The summed E-state index contributed by atoms with van der Waals surface area (Å²) in [5.41, 5.74) is 9.55. The second kappa shape index (κ2) is 31.5. The summed E-state index contributed by atoms with van der Waals surface area (Å²) in [6.07, 6.45) is 4.41. The van der Waals surface area contributed by atoms with Gasteiger partial charge in [0.1, 0.15) is 40.1 Å². The fourth-order valence-corrected chi connectivity index (χ4v) is 10.6. The van der Waals surface area contributed by atoms with E-state index >= 15 is 0 Å². The Labute approximate surface area is 501 Å². The molecule has 83 heavy (non-hydrogen) atoms. The van der Waals surface area contributed by atoms with Gasteiger partial charge in [-0.2, -0.15) is 5.26 Å². The number of thiazole rings is 1. The van der Waals surface area contributed by atoms with Crippen LogP contribution in [0.3, 0.4) is 0 Å². The molecule has 5 aromatic heterocycles. The van der Waals surface area contributed by atoms with Gasteiger partial charge >= 0.3 is 0 Å². The Kier molecular flexibility index (Phi) is 25.9. The zero-order valence-electron chi connectivity index (χ0n) is 47.2. The van der Waals surface area contributed by atoms with E-state index in [0.29, 0.717) is 104 Å². The van der Waals surface area contributed by atoms with Crippen LogP contribution in [0.5, 0.6) is 0 Å². The lowest BCUT2D eigenvalue weighted by Crippen LogP contribution is -2.32. The molecule has 0 unspecified atom stereocenters. The number of nitriles is 1. The lowest BCUT2D eigenvalue weighted by Gasteiger charge is -2.29. The summed E-state index contributed by atoms with van der Waals surface area (Å²) < 4.78 is 105. The monoisotopic (exact) mass is 1290 g/mol. The molecule has 0 atom stereocenters. The molecule has 0 aromatic carbocycles. The van der Waals surface area contributed by atoms with E-state index in [-0.39, 0.29) is 97.4 Å². The minimum absolute atomic E-state index is 0.00752. The lowest BCUT2D eigenvalue weighted by molar-refractivity contribution is -0.116. The van der Waals surface area contributed by atoms with Crippen molar-refractivity contribution in [2.24, 2.45) is 5.73 Å². The molecule has 0 aliphatic heterocycles. The van der Waals surface area contributed by atoms with E-state index in [0.717, 1.165) is 34.2 Å². The number of anilines is 4. The van der Waals surface area contributed by atoms with Crippen molar-refractivity contribution in [3.8, 4) is 16.9 Å². The molecule has 9 rings (SSSR count). The number of halogens is 10. The number of nitrogens with two attached hydrogens (primary N) is 1. The maximum absolute atomic E-state index is 13.2. The van der Waals surface area contributed by atoms with Crippen molar-refractivity contribution in [1.29, 1.82) is 5.26 Å². The smallest absolute Gasteiger partial charge is 0.248 e. The number of aromatic nitrogens is 9. The van der Waals surface area contributed by atoms with Crippen LogP contribution in [-0.2, 0) is 11.2 Å². The number of thiocarbonyl (C=S) groups is 1. The van der Waals surface area contributed by atoms with Crippen LogP contribution in [0.4, 0.5) is 58.4 Å². The highest BCUT2D eigenvalue weighted by atomic mass is 79.9. The van der Waals surface area contributed by atoms with Gasteiger partial charge in [0, 0.05) is 134 Å². The number of nitrogens with one attached hydrogen (secondary N) is 4. The first kappa shape index (κ1) is 68.2. The predicted octanol–water partition coefficient (Wildman–Crippen LogP) is 14.3. The van der Waals surface area contributed by atoms with E-state index in [1.165, 1.54) is 11.3 Å². The Bertz CT molecular complexity index is 2910. The summed E-state index contributed by atoms with van der Waals surface area (Å²) in [5.74, 6) is -6.39. The molecule has 5 aromatic rings. The Morgan fingerprint density at radius 1 is 0.614 bits per heavy atom. The predicted molar refractivity (Wildman–Crippen MR) is 316 cm³/mol. The summed E-state index contributed by atoms with van der Waals surface area (Å²) in [6, 6.07) is 9.05. The third-order valence-electron chi connectivity index (χ3n) is 13.6. The topological polar surface area (TPSA) is 231 Å². The second-order valence-corrected chi connectivity index (χ2v) is 23.1. The second-order valence-electron chi connectivity index (χ2n) is 20.9. The zero-order chi connectivity index (χ0) is 61.1. The highest BCUT2D eigenvalue weighted by Crippen LogP contribution is 2.37. The van der Waals surface area contributed by atoms with Crippen molar-refractivity contribution in [3.63, 3.8) is 0 Å². The van der Waals surface area contributed by atoms with Crippen molar-refractivity contribution in [3.05, 3.63) is 75.0 Å². The van der Waals surface area contributed by atoms with Crippen molar-refractivity contribution in [1.82, 2.24) is 44.9 Å². The number of carbonyl (C=O) groups excluding carboxylic acids is 1. The largest absolute Gasteiger partial charge is 0.387 e. The van der Waals surface area contributed by atoms with Gasteiger partial charge in [0.15, 0.2) is 16.7 Å². The number of aryl methyl sites for hydroxylation is 5. The third-order valence-corrected chi connectivity index (χ3v) is 15.5. The van der Waals surface area contributed by atoms with Gasteiger partial charge in [0.05, 0.1) is 11.0 Å². The summed E-state index contributed by atoms with van der Waals surface area (Å²) in [5, 5.41) is 24.9. The van der Waals surface area contributed by atoms with Crippen LogP contribution in [0, 0.1) is 39.0 Å². The molecular weight excluding hydrogens is 1220 g/mol. The standard InChI is InChI=1S/C16H20F2N4S.C12H16F2N4S.C12H14F2N4.C11H14ClF2N3.C4H7BrO/c1-3-11-9-23-15(21-11)14-19-10(2)8-13(22-14)20-12-4-6-16(17,18)7-5-12;1-7-6-9(18-11(16-7)10(15)19)17-8-2-4-12(13,14)5-3-8;1-8-6-10(18-11(7-15)16-8)17-9-2-4-12(13,14)5-3-9;1-7-6-9(17-10(12)15-7)16-8-2-4-11(13,14)5-3-8;1-2-4(6)3-5/h8-9,12H,3-7H2,1-2H3,(H,19,20,22);6,8H,2-5H2,1H3,(H2,15,19)(H,16,17,18);6,9H,2-5H2,1H3,(H,16,17,18);6,8H,2-5H2,1H3,(H,15,16,17);2-3H2,1H3. The average Bonchev–Trinajstić information content (AvgIpc) is 3.93. The SMILES string of the molecule is CCC(=O)CBr.CCc1csc(-c2nc(C)cc(NC3CCC(F)(F)CC3)n2)n1.Cc1cc(NC2CCC(F)(F)CC2)nc(C#N)n1.Cc1cc(NC2CCC(F)(F)CC2)nc(C(N)=S)n1.Cc1cc(NC2CCC(F)(F)CC2)nc(Cl)n1. The molecule has 0 radical (unpaired) electrons. The van der Waals surface area contributed by atoms with Crippen LogP contribution in [0.2, 0.25) is 5.28 Å². The lowest BCUT2D eigenvalue weighted by atomic mass is 9.92. The van der Waals surface area contributed by atoms with E-state index in [9.17, 15) is 39.9 Å². The van der Waals surface area contributed by atoms with E-state index in [1.807, 2.05) is 45.2 Å². The maximum atomic E-state index is 13.2. The Morgan fingerprint density at radius 2 is 0.988 bits per heavy atom. The normalized spacial score (nSPS) is 18.3. The van der Waals surface area contributed by atoms with Crippen LogP contribution in [-0.4, -0.2) is 109 Å². The minimum Gasteiger partial charge on any atom is -0.387 e. The summed E-state index contributed by atoms with van der Waals surface area (Å²) in [4.78, 5) is 48.0. The number of hydrogen-bond acceptors (Lipinski definition) is 17. The van der Waals surface area contributed by atoms with Crippen molar-refractivity contribution in [2.75, 3.05) is 26.6 Å². The molecule has 0 amide bonds. The third kappa shape index (κ3) is 24.5. The summed E-state index contributed by atoms with van der Waals surface area (Å²) >= 11 is 15.1. The minimum atomic E-state index is -2.53. The zero-order valence-corrected chi connectivity index (χ0v) is 51.2. The van der Waals surface area contributed by atoms with E-state index < -0.39 is 23.7 Å². The van der Waals surface area contributed by atoms with E-state index in [4.69, 9.17) is 34.8 Å². The maximum Gasteiger partial charge on any atom is 0.248 e. The van der Waals surface area contributed by atoms with Gasteiger partial charge in [-0.3, -0.25) is 4.79 Å². The number of Topliss-reactive ketones (excluding diaryl/α,β-unsaturated/α-hetero) is 1. The number of alkyl halides is 9. The van der Waals surface area contributed by atoms with E-state index in [2.05, 4.69) is 89.0 Å². The van der Waals surface area contributed by atoms with Gasteiger partial charge in [-0.1, -0.05) is 42.0 Å². The molecule has 4 saturated carbocycles. The number of hydrogen-bond donors (Lipinski definition) is 5. The molecule has 4 fully saturated rings. The molecule has 4 aliphatic carbocycles. The van der Waals surface area contributed by atoms with Gasteiger partial charge in [-0.05, 0) is 97.1 Å². The van der Waals surface area contributed by atoms with Gasteiger partial charge in [0.2, 0.25) is 34.8 Å². The van der Waals surface area contributed by atoms with Gasteiger partial charge in [-0.15, -0.1) is 11.3 Å². The molecule has 0 saturated heterocycles. The Morgan fingerprint density at radius 3 is 1.34 bits per heavy atom. The molecule has 16 nitrogen and oxygen atoms in total. The van der Waals surface area contributed by atoms with Crippen LogP contribution in [0.1, 0.15) is 163 Å². The van der Waals surface area contributed by atoms with Gasteiger partial charge < -0.3 is 27.0 Å². The fraction of sp³-hybridized carbons (Fsp3) is 0.600. The molecular formula is C55H71BrClF8N15OS2. The highest BCUT2D eigenvalue weighted by Gasteiger charge is 2.38.